The fraction of sp³-hybridized carbons (Fsp3) is 0.500. The highest BCUT2D eigenvalue weighted by Gasteiger charge is 2.40. The van der Waals surface area contributed by atoms with Crippen LogP contribution in [0.5, 0.6) is 0 Å². The van der Waals surface area contributed by atoms with Gasteiger partial charge in [-0.3, -0.25) is 14.6 Å². The van der Waals surface area contributed by atoms with Crippen molar-refractivity contribution in [2.24, 2.45) is 0 Å². The lowest BCUT2D eigenvalue weighted by Gasteiger charge is -2.33. The Morgan fingerprint density at radius 3 is 2.69 bits per heavy atom. The van der Waals surface area contributed by atoms with Gasteiger partial charge in [0.1, 0.15) is 19.2 Å². The molecule has 8 heteroatoms. The molecular weight excluding hydrogens is 338 g/mol. The van der Waals surface area contributed by atoms with E-state index in [0.29, 0.717) is 13.0 Å². The van der Waals surface area contributed by atoms with Crippen LogP contribution in [0.25, 0.3) is 0 Å². The van der Waals surface area contributed by atoms with E-state index in [9.17, 15) is 14.4 Å². The molecule has 3 rings (SSSR count). The smallest absolute Gasteiger partial charge is 0.408 e. The maximum atomic E-state index is 12.8. The van der Waals surface area contributed by atoms with E-state index in [1.54, 1.807) is 0 Å². The number of carboxylic acids is 1. The highest BCUT2D eigenvalue weighted by molar-refractivity contribution is 5.88. The summed E-state index contributed by atoms with van der Waals surface area (Å²) < 4.78 is 5.18. The first-order valence-corrected chi connectivity index (χ1v) is 8.81. The second-order valence-corrected chi connectivity index (χ2v) is 6.58. The van der Waals surface area contributed by atoms with E-state index in [0.717, 1.165) is 24.8 Å². The number of amides is 2. The van der Waals surface area contributed by atoms with Crippen molar-refractivity contribution in [2.45, 2.75) is 44.4 Å². The van der Waals surface area contributed by atoms with Gasteiger partial charge >= 0.3 is 12.1 Å². The average Bonchev–Trinajstić information content (AvgIpc) is 3.05. The van der Waals surface area contributed by atoms with Gasteiger partial charge in [-0.2, -0.15) is 0 Å². The van der Waals surface area contributed by atoms with Crippen molar-refractivity contribution in [3.8, 4) is 0 Å². The van der Waals surface area contributed by atoms with Crippen LogP contribution in [0, 0.1) is 0 Å². The number of nitrogens with one attached hydrogen (secondary N) is 1. The van der Waals surface area contributed by atoms with Crippen molar-refractivity contribution in [3.63, 3.8) is 0 Å². The van der Waals surface area contributed by atoms with Crippen LogP contribution < -0.4 is 5.32 Å². The van der Waals surface area contributed by atoms with Crippen molar-refractivity contribution in [2.75, 3.05) is 13.1 Å². The summed E-state index contributed by atoms with van der Waals surface area (Å²) in [6.45, 7) is 0.378. The van der Waals surface area contributed by atoms with Gasteiger partial charge in [0, 0.05) is 12.6 Å². The lowest BCUT2D eigenvalue weighted by Crippen LogP contribution is -2.54. The van der Waals surface area contributed by atoms with E-state index >= 15 is 0 Å². The third kappa shape index (κ3) is 4.32. The molecule has 26 heavy (non-hydrogen) atoms. The Kier molecular flexibility index (Phi) is 5.72. The van der Waals surface area contributed by atoms with Crippen LogP contribution in [0.2, 0.25) is 0 Å². The molecule has 0 spiro atoms. The highest BCUT2D eigenvalue weighted by Crippen LogP contribution is 2.27. The fourth-order valence-electron chi connectivity index (χ4n) is 3.56. The number of alkyl carbamates (subject to hydrolysis) is 1. The lowest BCUT2D eigenvalue weighted by atomic mass is 10.1. The van der Waals surface area contributed by atoms with E-state index < -0.39 is 30.6 Å². The minimum atomic E-state index is -1.07. The molecule has 0 aliphatic carbocycles. The maximum Gasteiger partial charge on any atom is 0.408 e. The molecule has 0 saturated carbocycles. The highest BCUT2D eigenvalue weighted by atomic mass is 16.5. The van der Waals surface area contributed by atoms with Crippen LogP contribution in [0.4, 0.5) is 4.79 Å². The molecule has 8 nitrogen and oxygen atoms in total. The minimum absolute atomic E-state index is 0.112. The number of carbonyl (C=O) groups is 3. The van der Waals surface area contributed by atoms with Gasteiger partial charge in [-0.05, 0) is 31.2 Å². The zero-order chi connectivity index (χ0) is 18.5. The Bertz CT molecular complexity index is 666. The fourth-order valence-corrected chi connectivity index (χ4v) is 3.56. The number of aliphatic carboxylic acids is 1. The van der Waals surface area contributed by atoms with Crippen molar-refractivity contribution in [1.29, 1.82) is 0 Å². The van der Waals surface area contributed by atoms with Crippen molar-refractivity contribution in [1.82, 2.24) is 15.3 Å². The predicted molar refractivity (Wildman–Crippen MR) is 91.9 cm³/mol. The SMILES string of the molecule is O=C(O)CN1C(=O)[C@@H](NC(=O)OCc2ccccc2)CCC2CCCN21. The molecular formula is C18H23N3O5. The Balaban J connectivity index is 1.62. The number of hydrogen-bond acceptors (Lipinski definition) is 5. The molecule has 2 amide bonds. The average molecular weight is 361 g/mol. The van der Waals surface area contributed by atoms with Crippen molar-refractivity contribution < 1.29 is 24.2 Å². The monoisotopic (exact) mass is 361 g/mol. The minimum Gasteiger partial charge on any atom is -0.480 e. The quantitative estimate of drug-likeness (QED) is 0.822. The van der Waals surface area contributed by atoms with Gasteiger partial charge in [0.25, 0.3) is 5.91 Å². The van der Waals surface area contributed by atoms with E-state index in [4.69, 9.17) is 9.84 Å². The van der Waals surface area contributed by atoms with Gasteiger partial charge in [-0.15, -0.1) is 0 Å². The van der Waals surface area contributed by atoms with E-state index in [1.165, 1.54) is 5.01 Å². The Morgan fingerprint density at radius 1 is 1.19 bits per heavy atom. The van der Waals surface area contributed by atoms with Gasteiger partial charge in [0.2, 0.25) is 0 Å². The number of hydrogen-bond donors (Lipinski definition) is 2. The first-order valence-electron chi connectivity index (χ1n) is 8.81. The van der Waals surface area contributed by atoms with Gasteiger partial charge < -0.3 is 15.2 Å². The first-order chi connectivity index (χ1) is 12.5. The van der Waals surface area contributed by atoms with Gasteiger partial charge in [-0.25, -0.2) is 9.80 Å². The molecule has 2 aliphatic rings. The van der Waals surface area contributed by atoms with E-state index in [1.807, 2.05) is 35.3 Å². The summed E-state index contributed by atoms with van der Waals surface area (Å²) in [5.74, 6) is -1.47. The number of carbonyl (C=O) groups excluding carboxylic acids is 2. The summed E-state index contributed by atoms with van der Waals surface area (Å²) in [7, 11) is 0. The second-order valence-electron chi connectivity index (χ2n) is 6.58. The maximum absolute atomic E-state index is 12.8. The molecule has 2 heterocycles. The molecule has 2 saturated heterocycles. The lowest BCUT2D eigenvalue weighted by molar-refractivity contribution is -0.160. The largest absolute Gasteiger partial charge is 0.480 e. The topological polar surface area (TPSA) is 99.2 Å². The Labute approximate surface area is 151 Å². The molecule has 140 valence electrons. The standard InChI is InChI=1S/C18H23N3O5/c22-16(23)11-21-17(24)15(9-8-14-7-4-10-20(14)21)19-18(25)26-12-13-5-2-1-3-6-13/h1-3,5-6,14-15H,4,7-12H2,(H,19,25)(H,22,23)/t14?,15-/m0/s1. The molecule has 0 radical (unpaired) electrons. The van der Waals surface area contributed by atoms with Crippen molar-refractivity contribution >= 4 is 18.0 Å². The molecule has 2 atom stereocenters. The van der Waals surface area contributed by atoms with Crippen LogP contribution in [-0.4, -0.2) is 58.3 Å². The number of hydrazine groups is 1. The van der Waals surface area contributed by atoms with Crippen LogP contribution >= 0.6 is 0 Å². The molecule has 2 fully saturated rings. The predicted octanol–water partition coefficient (Wildman–Crippen LogP) is 1.37. The zero-order valence-corrected chi connectivity index (χ0v) is 14.5. The molecule has 0 aromatic heterocycles. The van der Waals surface area contributed by atoms with Crippen LogP contribution in [0.15, 0.2) is 30.3 Å². The number of nitrogens with zero attached hydrogens (tertiary/aromatic N) is 2. The van der Waals surface area contributed by atoms with E-state index in [-0.39, 0.29) is 12.6 Å². The normalized spacial score (nSPS) is 23.2. The first kappa shape index (κ1) is 18.2. The van der Waals surface area contributed by atoms with Gasteiger partial charge in [0.15, 0.2) is 0 Å². The number of ether oxygens (including phenoxy) is 1. The Hall–Kier alpha value is -2.61. The molecule has 1 aromatic carbocycles. The molecule has 2 N–H and O–H groups in total. The van der Waals surface area contributed by atoms with E-state index in [2.05, 4.69) is 5.32 Å². The summed E-state index contributed by atoms with van der Waals surface area (Å²) in [6, 6.07) is 8.62. The number of rotatable bonds is 5. The van der Waals surface area contributed by atoms with Crippen LogP contribution in [-0.2, 0) is 20.9 Å². The third-order valence-electron chi connectivity index (χ3n) is 4.79. The molecule has 0 bridgehead atoms. The second kappa shape index (κ2) is 8.18. The summed E-state index contributed by atoms with van der Waals surface area (Å²) in [5.41, 5.74) is 0.850. The summed E-state index contributed by atoms with van der Waals surface area (Å²) in [4.78, 5) is 36.0. The molecule has 1 aromatic rings. The third-order valence-corrected chi connectivity index (χ3v) is 4.79. The van der Waals surface area contributed by atoms with Gasteiger partial charge in [-0.1, -0.05) is 30.3 Å². The molecule has 1 unspecified atom stereocenters. The Morgan fingerprint density at radius 2 is 1.96 bits per heavy atom. The number of fused-ring (bicyclic) bond motifs is 1. The summed E-state index contributed by atoms with van der Waals surface area (Å²) >= 11 is 0. The summed E-state index contributed by atoms with van der Waals surface area (Å²) in [6.07, 6.45) is 2.38. The van der Waals surface area contributed by atoms with Crippen molar-refractivity contribution in [3.05, 3.63) is 35.9 Å². The number of benzene rings is 1. The van der Waals surface area contributed by atoms with Crippen LogP contribution in [0.1, 0.15) is 31.2 Å². The van der Waals surface area contributed by atoms with Crippen LogP contribution in [0.3, 0.4) is 0 Å². The summed E-state index contributed by atoms with van der Waals surface area (Å²) in [5, 5.41) is 14.9. The zero-order valence-electron chi connectivity index (χ0n) is 14.5. The molecule has 2 aliphatic heterocycles. The van der Waals surface area contributed by atoms with Gasteiger partial charge in [0.05, 0.1) is 0 Å². The number of carboxylic acid groups (broad SMARTS) is 1.